The van der Waals surface area contributed by atoms with Crippen molar-refractivity contribution in [3.05, 3.63) is 33.3 Å². The van der Waals surface area contributed by atoms with Crippen LogP contribution in [0.5, 0.6) is 0 Å². The Morgan fingerprint density at radius 2 is 2.33 bits per heavy atom. The van der Waals surface area contributed by atoms with Crippen LogP contribution in [0.25, 0.3) is 0 Å². The van der Waals surface area contributed by atoms with Crippen LogP contribution < -0.4 is 5.32 Å². The summed E-state index contributed by atoms with van der Waals surface area (Å²) in [5.74, 6) is 0. The molecule has 0 saturated heterocycles. The molecule has 1 N–H and O–H groups in total. The van der Waals surface area contributed by atoms with E-state index in [2.05, 4.69) is 34.2 Å². The number of benzene rings is 1. The number of hydrogen-bond acceptors (Lipinski definition) is 2. The Morgan fingerprint density at radius 1 is 1.60 bits per heavy atom. The molecule has 0 aliphatic heterocycles. The van der Waals surface area contributed by atoms with Crippen LogP contribution in [-0.2, 0) is 0 Å². The monoisotopic (exact) mass is 286 g/mol. The second-order valence-electron chi connectivity index (χ2n) is 3.18. The van der Waals surface area contributed by atoms with E-state index in [4.69, 9.17) is 16.9 Å². The van der Waals surface area contributed by atoms with Crippen molar-refractivity contribution < 1.29 is 0 Å². The third kappa shape index (κ3) is 3.49. The average Bonchev–Trinajstić information content (AvgIpc) is 2.24. The molecule has 0 aliphatic carbocycles. The summed E-state index contributed by atoms with van der Waals surface area (Å²) in [4.78, 5) is 0. The molecule has 0 amide bonds. The molecule has 1 rings (SSSR count). The van der Waals surface area contributed by atoms with E-state index in [1.54, 1.807) is 6.07 Å². The van der Waals surface area contributed by atoms with Crippen LogP contribution in [0.1, 0.15) is 24.9 Å². The zero-order valence-corrected chi connectivity index (χ0v) is 10.8. The number of nitrogens with zero attached hydrogens (tertiary/aromatic N) is 1. The molecule has 2 nitrogen and oxygen atoms in total. The molecule has 80 valence electrons. The Balaban J connectivity index is 2.91. The maximum Gasteiger partial charge on any atom is 0.122 e. The summed E-state index contributed by atoms with van der Waals surface area (Å²) in [7, 11) is 0. The van der Waals surface area contributed by atoms with Gasteiger partial charge in [-0.1, -0.05) is 34.5 Å². The van der Waals surface area contributed by atoms with Crippen LogP contribution in [0.15, 0.2) is 22.7 Å². The summed E-state index contributed by atoms with van der Waals surface area (Å²) in [6.45, 7) is 2.88. The maximum absolute atomic E-state index is 9.05. The molecular formula is C11H12BrClN2. The Bertz CT molecular complexity index is 373. The van der Waals surface area contributed by atoms with Gasteiger partial charge in [0.15, 0.2) is 0 Å². The number of nitrogens with one attached hydrogen (secondary N) is 1. The van der Waals surface area contributed by atoms with Crippen molar-refractivity contribution in [3.63, 3.8) is 0 Å². The number of nitriles is 1. The molecule has 15 heavy (non-hydrogen) atoms. The second-order valence-corrected chi connectivity index (χ2v) is 4.47. The van der Waals surface area contributed by atoms with E-state index in [1.165, 1.54) is 0 Å². The lowest BCUT2D eigenvalue weighted by Crippen LogP contribution is -2.20. The summed E-state index contributed by atoms with van der Waals surface area (Å²) in [6.07, 6.45) is 0.996. The quantitative estimate of drug-likeness (QED) is 0.917. The fourth-order valence-corrected chi connectivity index (χ4v) is 1.91. The van der Waals surface area contributed by atoms with E-state index in [-0.39, 0.29) is 6.04 Å². The summed E-state index contributed by atoms with van der Waals surface area (Å²) in [5.41, 5.74) is 0.887. The van der Waals surface area contributed by atoms with Crippen molar-refractivity contribution in [2.45, 2.75) is 19.4 Å². The first-order chi connectivity index (χ1) is 7.19. The topological polar surface area (TPSA) is 35.8 Å². The number of halogens is 2. The fourth-order valence-electron chi connectivity index (χ4n) is 1.25. The third-order valence-electron chi connectivity index (χ3n) is 2.00. The lowest BCUT2D eigenvalue weighted by atomic mass is 10.1. The number of hydrogen-bond donors (Lipinski definition) is 1. The van der Waals surface area contributed by atoms with Crippen molar-refractivity contribution in [2.75, 3.05) is 6.54 Å². The first-order valence-electron chi connectivity index (χ1n) is 4.77. The third-order valence-corrected chi connectivity index (χ3v) is 2.95. The predicted octanol–water partition coefficient (Wildman–Crippen LogP) is 3.67. The standard InChI is InChI=1S/C11H12BrClN2/c1-2-5-15-11(7-14)9-6-8(13)3-4-10(9)12/h3-4,6,11,15H,2,5H2,1H3. The lowest BCUT2D eigenvalue weighted by molar-refractivity contribution is 0.619. The van der Waals surface area contributed by atoms with Gasteiger partial charge < -0.3 is 0 Å². The van der Waals surface area contributed by atoms with Gasteiger partial charge in [0.05, 0.1) is 6.07 Å². The molecule has 0 heterocycles. The number of rotatable bonds is 4. The second kappa shape index (κ2) is 6.12. The van der Waals surface area contributed by atoms with Crippen molar-refractivity contribution in [3.8, 4) is 6.07 Å². The first-order valence-corrected chi connectivity index (χ1v) is 5.94. The van der Waals surface area contributed by atoms with Crippen LogP contribution in [0.4, 0.5) is 0 Å². The van der Waals surface area contributed by atoms with Crippen molar-refractivity contribution in [1.82, 2.24) is 5.32 Å². The fraction of sp³-hybridized carbons (Fsp3) is 0.364. The van der Waals surface area contributed by atoms with Gasteiger partial charge in [0, 0.05) is 9.50 Å². The van der Waals surface area contributed by atoms with Gasteiger partial charge in [-0.25, -0.2) is 0 Å². The zero-order valence-electron chi connectivity index (χ0n) is 8.43. The molecule has 0 spiro atoms. The van der Waals surface area contributed by atoms with Gasteiger partial charge in [-0.3, -0.25) is 5.32 Å². The lowest BCUT2D eigenvalue weighted by Gasteiger charge is -2.13. The molecule has 0 aromatic heterocycles. The zero-order chi connectivity index (χ0) is 11.3. The minimum atomic E-state index is -0.307. The molecule has 1 aromatic rings. The Morgan fingerprint density at radius 3 is 2.93 bits per heavy atom. The molecule has 0 saturated carbocycles. The Hall–Kier alpha value is -0.560. The van der Waals surface area contributed by atoms with E-state index in [9.17, 15) is 0 Å². The van der Waals surface area contributed by atoms with Crippen LogP contribution in [0.2, 0.25) is 5.02 Å². The van der Waals surface area contributed by atoms with Crippen molar-refractivity contribution >= 4 is 27.5 Å². The summed E-state index contributed by atoms with van der Waals surface area (Å²) >= 11 is 9.31. The SMILES string of the molecule is CCCNC(C#N)c1cc(Cl)ccc1Br. The van der Waals surface area contributed by atoms with Gasteiger partial charge in [-0.2, -0.15) is 5.26 Å². The van der Waals surface area contributed by atoms with Gasteiger partial charge in [-0.05, 0) is 36.7 Å². The molecule has 4 heteroatoms. The Labute approximate surface area is 103 Å². The highest BCUT2D eigenvalue weighted by atomic mass is 79.9. The van der Waals surface area contributed by atoms with Crippen LogP contribution in [-0.4, -0.2) is 6.54 Å². The molecule has 0 aliphatic rings. The molecule has 0 radical (unpaired) electrons. The van der Waals surface area contributed by atoms with E-state index < -0.39 is 0 Å². The van der Waals surface area contributed by atoms with E-state index in [0.29, 0.717) is 5.02 Å². The molecule has 1 aromatic carbocycles. The van der Waals surface area contributed by atoms with Crippen LogP contribution in [0.3, 0.4) is 0 Å². The summed E-state index contributed by atoms with van der Waals surface area (Å²) in [6, 6.07) is 7.37. The van der Waals surface area contributed by atoms with Gasteiger partial charge in [-0.15, -0.1) is 0 Å². The van der Waals surface area contributed by atoms with Gasteiger partial charge in [0.2, 0.25) is 0 Å². The highest BCUT2D eigenvalue weighted by molar-refractivity contribution is 9.10. The molecule has 0 fully saturated rings. The maximum atomic E-state index is 9.05. The summed E-state index contributed by atoms with van der Waals surface area (Å²) < 4.78 is 0.905. The predicted molar refractivity (Wildman–Crippen MR) is 65.8 cm³/mol. The van der Waals surface area contributed by atoms with Gasteiger partial charge in [0.1, 0.15) is 6.04 Å². The minimum absolute atomic E-state index is 0.307. The molecule has 1 atom stereocenters. The average molecular weight is 288 g/mol. The minimum Gasteiger partial charge on any atom is -0.298 e. The van der Waals surface area contributed by atoms with Crippen molar-refractivity contribution in [1.29, 1.82) is 5.26 Å². The highest BCUT2D eigenvalue weighted by Crippen LogP contribution is 2.26. The largest absolute Gasteiger partial charge is 0.298 e. The van der Waals surface area contributed by atoms with Crippen molar-refractivity contribution in [2.24, 2.45) is 0 Å². The molecule has 1 unspecified atom stereocenters. The van der Waals surface area contributed by atoms with Gasteiger partial charge >= 0.3 is 0 Å². The first kappa shape index (κ1) is 12.5. The van der Waals surface area contributed by atoms with Crippen LogP contribution >= 0.6 is 27.5 Å². The molecule has 0 bridgehead atoms. The summed E-state index contributed by atoms with van der Waals surface area (Å²) in [5, 5.41) is 12.8. The molecular weight excluding hydrogens is 275 g/mol. The van der Waals surface area contributed by atoms with E-state index in [1.807, 2.05) is 12.1 Å². The Kier molecular flexibility index (Phi) is 5.10. The van der Waals surface area contributed by atoms with Gasteiger partial charge in [0.25, 0.3) is 0 Å². The van der Waals surface area contributed by atoms with E-state index >= 15 is 0 Å². The highest BCUT2D eigenvalue weighted by Gasteiger charge is 2.12. The normalized spacial score (nSPS) is 12.1. The smallest absolute Gasteiger partial charge is 0.122 e. The van der Waals surface area contributed by atoms with Crippen LogP contribution in [0, 0.1) is 11.3 Å². The van der Waals surface area contributed by atoms with E-state index in [0.717, 1.165) is 23.0 Å².